The fourth-order valence-corrected chi connectivity index (χ4v) is 6.68. The molecule has 4 bridgehead atoms. The van der Waals surface area contributed by atoms with Crippen molar-refractivity contribution in [2.24, 2.45) is 29.6 Å². The van der Waals surface area contributed by atoms with E-state index < -0.39 is 0 Å². The van der Waals surface area contributed by atoms with Crippen LogP contribution in [0.5, 0.6) is 0 Å². The second kappa shape index (κ2) is 9.61. The minimum absolute atomic E-state index is 0.107. The molecule has 0 amide bonds. The first-order valence-corrected chi connectivity index (χ1v) is 12.0. The van der Waals surface area contributed by atoms with E-state index in [0.717, 1.165) is 50.4 Å². The van der Waals surface area contributed by atoms with Gasteiger partial charge in [-0.05, 0) is 94.3 Å². The summed E-state index contributed by atoms with van der Waals surface area (Å²) in [4.78, 5) is 13.2. The zero-order valence-corrected chi connectivity index (χ0v) is 18.1. The average molecular weight is 375 g/mol. The number of esters is 1. The zero-order valence-electron chi connectivity index (χ0n) is 18.1. The normalized spacial score (nSPS) is 35.7. The van der Waals surface area contributed by atoms with Gasteiger partial charge in [-0.1, -0.05) is 45.8 Å². The topological polar surface area (TPSA) is 26.3 Å². The van der Waals surface area contributed by atoms with Gasteiger partial charge in [0.2, 0.25) is 0 Å². The molecule has 1 atom stereocenters. The van der Waals surface area contributed by atoms with Gasteiger partial charge >= 0.3 is 5.97 Å². The maximum Gasteiger partial charge on any atom is 0.309 e. The van der Waals surface area contributed by atoms with Gasteiger partial charge < -0.3 is 4.74 Å². The van der Waals surface area contributed by atoms with Gasteiger partial charge in [-0.25, -0.2) is 0 Å². The standard InChI is InChI=1S/C25H42O2/c1-4-7-8-9-10-11-13-21(12-5-2)24(26)27-25(6-3)22-15-19-14-20(17-22)18-23(25)16-19/h8-9,19-23H,4-7,10-18H2,1-3H3. The molecule has 0 radical (unpaired) electrons. The van der Waals surface area contributed by atoms with Crippen molar-refractivity contribution in [1.82, 2.24) is 0 Å². The summed E-state index contributed by atoms with van der Waals surface area (Å²) >= 11 is 0. The highest BCUT2D eigenvalue weighted by atomic mass is 16.6. The lowest BCUT2D eigenvalue weighted by molar-refractivity contribution is -0.214. The zero-order chi connectivity index (χ0) is 19.3. The van der Waals surface area contributed by atoms with Gasteiger partial charge in [0.15, 0.2) is 0 Å². The van der Waals surface area contributed by atoms with Crippen molar-refractivity contribution in [1.29, 1.82) is 0 Å². The SMILES string of the molecule is CCCC=CCCCC(CCC)C(=O)OC1(CC)C2CC3CC(C2)CC1C3. The summed E-state index contributed by atoms with van der Waals surface area (Å²) < 4.78 is 6.52. The van der Waals surface area contributed by atoms with Crippen LogP contribution in [-0.2, 0) is 9.53 Å². The van der Waals surface area contributed by atoms with Crippen molar-refractivity contribution in [2.75, 3.05) is 0 Å². The van der Waals surface area contributed by atoms with Crippen LogP contribution in [0.4, 0.5) is 0 Å². The number of carbonyl (C=O) groups excluding carboxylic acids is 1. The van der Waals surface area contributed by atoms with E-state index in [2.05, 4.69) is 32.9 Å². The quantitative estimate of drug-likeness (QED) is 0.219. The van der Waals surface area contributed by atoms with Gasteiger partial charge in [-0.15, -0.1) is 0 Å². The van der Waals surface area contributed by atoms with Crippen molar-refractivity contribution in [3.05, 3.63) is 12.2 Å². The van der Waals surface area contributed by atoms with Crippen LogP contribution < -0.4 is 0 Å². The van der Waals surface area contributed by atoms with Crippen LogP contribution >= 0.6 is 0 Å². The predicted octanol–water partition coefficient (Wildman–Crippen LogP) is 7.08. The largest absolute Gasteiger partial charge is 0.458 e. The van der Waals surface area contributed by atoms with Gasteiger partial charge in [-0.2, -0.15) is 0 Å². The fraction of sp³-hybridized carbons (Fsp3) is 0.880. The van der Waals surface area contributed by atoms with Gasteiger partial charge in [0.1, 0.15) is 5.60 Å². The third kappa shape index (κ3) is 4.62. The number of unbranched alkanes of at least 4 members (excludes halogenated alkanes) is 2. The molecule has 0 aromatic heterocycles. The Labute approximate surface area is 167 Å². The van der Waals surface area contributed by atoms with Crippen LogP contribution in [-0.4, -0.2) is 11.6 Å². The lowest BCUT2D eigenvalue weighted by Crippen LogP contribution is -2.59. The second-order valence-electron chi connectivity index (χ2n) is 9.71. The summed E-state index contributed by atoms with van der Waals surface area (Å²) in [6.45, 7) is 6.67. The van der Waals surface area contributed by atoms with Gasteiger partial charge in [0.25, 0.3) is 0 Å². The molecule has 2 heteroatoms. The van der Waals surface area contributed by atoms with E-state index in [1.165, 1.54) is 44.9 Å². The molecule has 4 aliphatic rings. The monoisotopic (exact) mass is 374 g/mol. The molecule has 1 unspecified atom stereocenters. The molecule has 4 aliphatic carbocycles. The van der Waals surface area contributed by atoms with Crippen molar-refractivity contribution >= 4 is 5.97 Å². The average Bonchev–Trinajstić information content (AvgIpc) is 2.66. The van der Waals surface area contributed by atoms with Crippen LogP contribution in [0.15, 0.2) is 12.2 Å². The highest BCUT2D eigenvalue weighted by Gasteiger charge is 2.58. The Morgan fingerprint density at radius 3 is 2.11 bits per heavy atom. The van der Waals surface area contributed by atoms with E-state index in [9.17, 15) is 4.79 Å². The molecule has 4 rings (SSSR count). The van der Waals surface area contributed by atoms with E-state index in [1.807, 2.05) is 0 Å². The van der Waals surface area contributed by atoms with Crippen LogP contribution in [0.2, 0.25) is 0 Å². The molecule has 0 aromatic carbocycles. The number of hydrogen-bond donors (Lipinski definition) is 0. The Kier molecular flexibility index (Phi) is 7.45. The lowest BCUT2D eigenvalue weighted by atomic mass is 9.49. The number of carbonyl (C=O) groups is 1. The summed E-state index contributed by atoms with van der Waals surface area (Å²) in [6, 6.07) is 0. The molecular weight excluding hydrogens is 332 g/mol. The number of rotatable bonds is 11. The van der Waals surface area contributed by atoms with Crippen molar-refractivity contribution in [3.8, 4) is 0 Å². The maximum absolute atomic E-state index is 13.2. The smallest absolute Gasteiger partial charge is 0.309 e. The Morgan fingerprint density at radius 2 is 1.56 bits per heavy atom. The molecule has 0 aliphatic heterocycles. The fourth-order valence-electron chi connectivity index (χ4n) is 6.68. The van der Waals surface area contributed by atoms with E-state index in [4.69, 9.17) is 4.74 Å². The van der Waals surface area contributed by atoms with Gasteiger partial charge in [0, 0.05) is 0 Å². The summed E-state index contributed by atoms with van der Waals surface area (Å²) in [6.07, 6.45) is 19.9. The highest BCUT2D eigenvalue weighted by Crippen LogP contribution is 2.60. The predicted molar refractivity (Wildman–Crippen MR) is 112 cm³/mol. The van der Waals surface area contributed by atoms with Crippen LogP contribution in [0.1, 0.15) is 104 Å². The third-order valence-corrected chi connectivity index (χ3v) is 7.88. The molecule has 0 heterocycles. The number of allylic oxidation sites excluding steroid dienone is 2. The molecule has 0 aromatic rings. The molecule has 4 fully saturated rings. The first-order valence-electron chi connectivity index (χ1n) is 12.0. The van der Waals surface area contributed by atoms with E-state index in [-0.39, 0.29) is 17.5 Å². The second-order valence-corrected chi connectivity index (χ2v) is 9.71. The Hall–Kier alpha value is -0.790. The van der Waals surface area contributed by atoms with Crippen molar-refractivity contribution < 1.29 is 9.53 Å². The Morgan fingerprint density at radius 1 is 0.926 bits per heavy atom. The lowest BCUT2D eigenvalue weighted by Gasteiger charge is -2.60. The summed E-state index contributed by atoms with van der Waals surface area (Å²) in [7, 11) is 0. The number of ether oxygens (including phenoxy) is 1. The van der Waals surface area contributed by atoms with Crippen LogP contribution in [0, 0.1) is 29.6 Å². The van der Waals surface area contributed by atoms with Crippen molar-refractivity contribution in [2.45, 2.75) is 110 Å². The molecule has 0 saturated heterocycles. The molecule has 0 spiro atoms. The first kappa shape index (κ1) is 20.9. The molecule has 4 saturated carbocycles. The summed E-state index contributed by atoms with van der Waals surface area (Å²) in [5, 5.41) is 0. The first-order chi connectivity index (χ1) is 13.1. The van der Waals surface area contributed by atoms with Gasteiger partial charge in [0.05, 0.1) is 5.92 Å². The highest BCUT2D eigenvalue weighted by molar-refractivity contribution is 5.73. The Balaban J connectivity index is 1.58. The molecule has 0 N–H and O–H groups in total. The molecule has 27 heavy (non-hydrogen) atoms. The van der Waals surface area contributed by atoms with E-state index in [0.29, 0.717) is 11.8 Å². The van der Waals surface area contributed by atoms with Gasteiger partial charge in [-0.3, -0.25) is 4.79 Å². The third-order valence-electron chi connectivity index (χ3n) is 7.88. The summed E-state index contributed by atoms with van der Waals surface area (Å²) in [5.41, 5.74) is -0.127. The minimum Gasteiger partial charge on any atom is -0.458 e. The van der Waals surface area contributed by atoms with Crippen molar-refractivity contribution in [3.63, 3.8) is 0 Å². The minimum atomic E-state index is -0.127. The molecular formula is C25H42O2. The van der Waals surface area contributed by atoms with Crippen LogP contribution in [0.25, 0.3) is 0 Å². The van der Waals surface area contributed by atoms with Crippen LogP contribution in [0.3, 0.4) is 0 Å². The Bertz CT molecular complexity index is 478. The maximum atomic E-state index is 13.2. The summed E-state index contributed by atoms with van der Waals surface area (Å²) in [5.74, 6) is 3.36. The van der Waals surface area contributed by atoms with E-state index in [1.54, 1.807) is 0 Å². The van der Waals surface area contributed by atoms with E-state index >= 15 is 0 Å². The molecule has 2 nitrogen and oxygen atoms in total. The molecule has 154 valence electrons. The number of hydrogen-bond acceptors (Lipinski definition) is 2.